The molecule has 2 aromatic rings. The first kappa shape index (κ1) is 25.9. The Labute approximate surface area is 207 Å². The number of likely N-dealkylation sites (N-methyl/N-ethyl adjacent to an activating group) is 1. The maximum Gasteiger partial charge on any atom is 0.258 e. The zero-order valence-electron chi connectivity index (χ0n) is 19.4. The molecule has 0 saturated carbocycles. The fourth-order valence-corrected chi connectivity index (χ4v) is 5.97. The topological polar surface area (TPSA) is 142 Å². The van der Waals surface area contributed by atoms with Crippen LogP contribution in [-0.4, -0.2) is 39.9 Å². The molecule has 3 rings (SSSR count). The van der Waals surface area contributed by atoms with Gasteiger partial charge in [-0.05, 0) is 71.1 Å². The molecule has 2 heterocycles. The molecule has 1 aliphatic rings. The molecule has 0 saturated heterocycles. The second-order valence-electron chi connectivity index (χ2n) is 8.58. The Balaban J connectivity index is 2.07. The van der Waals surface area contributed by atoms with Crippen LogP contribution < -0.4 is 22.1 Å². The van der Waals surface area contributed by atoms with Gasteiger partial charge in [0.2, 0.25) is 0 Å². The Morgan fingerprint density at radius 1 is 1.29 bits per heavy atom. The zero-order chi connectivity index (χ0) is 25.3. The number of hydrogen-bond donors (Lipinski definition) is 4. The first-order valence-electron chi connectivity index (χ1n) is 10.6. The van der Waals surface area contributed by atoms with E-state index >= 15 is 4.39 Å². The van der Waals surface area contributed by atoms with Crippen LogP contribution in [0.15, 0.2) is 35.3 Å². The van der Waals surface area contributed by atoms with Crippen LogP contribution in [0.1, 0.15) is 48.8 Å². The van der Waals surface area contributed by atoms with Crippen molar-refractivity contribution < 1.29 is 9.18 Å². The molecule has 1 aromatic carbocycles. The number of halogens is 2. The Kier molecular flexibility index (Phi) is 7.24. The smallest absolute Gasteiger partial charge is 0.258 e. The Morgan fingerprint density at radius 3 is 2.59 bits per heavy atom. The highest BCUT2D eigenvalue weighted by Crippen LogP contribution is 2.54. The average molecular weight is 504 g/mol. The van der Waals surface area contributed by atoms with Gasteiger partial charge in [-0.2, -0.15) is 5.26 Å². The van der Waals surface area contributed by atoms with Crippen molar-refractivity contribution in [2.24, 2.45) is 16.5 Å². The predicted octanol–water partition coefficient (Wildman–Crippen LogP) is 3.36. The second-order valence-corrected chi connectivity index (χ2v) is 10.9. The number of thioether (sulfide) groups is 1. The summed E-state index contributed by atoms with van der Waals surface area (Å²) in [6.07, 6.45) is 0.462. The Bertz CT molecular complexity index is 1200. The third kappa shape index (κ3) is 4.49. The van der Waals surface area contributed by atoms with Gasteiger partial charge in [0.05, 0.1) is 31.8 Å². The van der Waals surface area contributed by atoms with E-state index < -0.39 is 26.9 Å². The first-order chi connectivity index (χ1) is 15.9. The Morgan fingerprint density at radius 2 is 2.00 bits per heavy atom. The van der Waals surface area contributed by atoms with Crippen LogP contribution in [0.5, 0.6) is 0 Å². The number of carbonyl (C=O) groups excluding carboxylic acids is 1. The Hall–Kier alpha value is -2.71. The van der Waals surface area contributed by atoms with Crippen molar-refractivity contribution in [2.45, 2.75) is 42.3 Å². The van der Waals surface area contributed by atoms with Crippen molar-refractivity contribution in [2.75, 3.05) is 18.9 Å². The summed E-state index contributed by atoms with van der Waals surface area (Å²) >= 11 is 7.67. The third-order valence-electron chi connectivity index (χ3n) is 5.97. The number of nitriles is 1. The summed E-state index contributed by atoms with van der Waals surface area (Å²) in [5.74, 6) is -0.675. The predicted molar refractivity (Wildman–Crippen MR) is 134 cm³/mol. The summed E-state index contributed by atoms with van der Waals surface area (Å²) in [5, 5.41) is 15.1. The molecule has 6 N–H and O–H groups in total. The SMILES string of the molecule is CN[C@@]1(CCN)SC(C)(C)C(N)=N[C@]1(C)c1nc(NC(=O)c2ccc(C#N)cc2Cl)ccc1F. The van der Waals surface area contributed by atoms with Gasteiger partial charge >= 0.3 is 0 Å². The quantitative estimate of drug-likeness (QED) is 0.473. The van der Waals surface area contributed by atoms with Gasteiger partial charge in [0, 0.05) is 0 Å². The van der Waals surface area contributed by atoms with Crippen LogP contribution in [0.2, 0.25) is 5.02 Å². The van der Waals surface area contributed by atoms with Crippen molar-refractivity contribution in [1.29, 1.82) is 5.26 Å². The number of carbonyl (C=O) groups is 1. The number of benzene rings is 1. The zero-order valence-corrected chi connectivity index (χ0v) is 20.9. The van der Waals surface area contributed by atoms with Crippen LogP contribution in [0.4, 0.5) is 10.2 Å². The lowest BCUT2D eigenvalue weighted by atomic mass is 9.84. The molecule has 2 atom stereocenters. The van der Waals surface area contributed by atoms with Crippen molar-refractivity contribution in [3.63, 3.8) is 0 Å². The van der Waals surface area contributed by atoms with Gasteiger partial charge in [0.15, 0.2) is 0 Å². The molecule has 11 heteroatoms. The van der Waals surface area contributed by atoms with Crippen molar-refractivity contribution in [1.82, 2.24) is 10.3 Å². The van der Waals surface area contributed by atoms with Crippen LogP contribution in [0, 0.1) is 17.1 Å². The van der Waals surface area contributed by atoms with E-state index in [4.69, 9.17) is 33.3 Å². The number of nitrogens with two attached hydrogens (primary N) is 2. The third-order valence-corrected chi connectivity index (χ3v) is 8.15. The van der Waals surface area contributed by atoms with E-state index in [2.05, 4.69) is 15.6 Å². The molecule has 0 bridgehead atoms. The van der Waals surface area contributed by atoms with Gasteiger partial charge in [0.1, 0.15) is 28.7 Å². The number of nitrogens with one attached hydrogen (secondary N) is 2. The number of rotatable bonds is 6. The van der Waals surface area contributed by atoms with Gasteiger partial charge in [0.25, 0.3) is 5.91 Å². The molecule has 0 spiro atoms. The lowest BCUT2D eigenvalue weighted by molar-refractivity contribution is 0.102. The monoisotopic (exact) mass is 503 g/mol. The number of pyridine rings is 1. The number of amidine groups is 1. The molecule has 8 nitrogen and oxygen atoms in total. The van der Waals surface area contributed by atoms with Gasteiger partial charge in [-0.3, -0.25) is 9.79 Å². The minimum absolute atomic E-state index is 0.0185. The first-order valence-corrected chi connectivity index (χ1v) is 11.8. The molecular weight excluding hydrogens is 477 g/mol. The minimum atomic E-state index is -1.23. The van der Waals surface area contributed by atoms with E-state index in [-0.39, 0.29) is 22.1 Å². The summed E-state index contributed by atoms with van der Waals surface area (Å²) in [4.78, 5) is 21.2. The number of aliphatic imine (C=N–C) groups is 1. The standard InChI is InChI=1S/C23H27ClFN7OS/c1-21(2)20(28)32-22(3,23(29-4,34-21)9-10-26)18-16(25)7-8-17(30-18)31-19(33)14-6-5-13(12-27)11-15(14)24/h5-8,11,29H,9-10,26H2,1-4H3,(H2,28,32)(H,30,31,33)/t22-,23+/m1/s1. The molecule has 1 aliphatic heterocycles. The van der Waals surface area contributed by atoms with Gasteiger partial charge < -0.3 is 22.1 Å². The number of amides is 1. The van der Waals surface area contributed by atoms with Crippen LogP contribution >= 0.6 is 23.4 Å². The maximum atomic E-state index is 15.2. The maximum absolute atomic E-state index is 15.2. The lowest BCUT2D eigenvalue weighted by Gasteiger charge is -2.52. The highest BCUT2D eigenvalue weighted by molar-refractivity contribution is 8.02. The summed E-state index contributed by atoms with van der Waals surface area (Å²) < 4.78 is 14.7. The second kappa shape index (κ2) is 9.50. The summed E-state index contributed by atoms with van der Waals surface area (Å²) in [6, 6.07) is 8.87. The molecule has 0 unspecified atom stereocenters. The highest BCUT2D eigenvalue weighted by atomic mass is 35.5. The normalized spacial score (nSPS) is 23.6. The molecular formula is C23H27ClFN7OS. The van der Waals surface area contributed by atoms with E-state index in [0.717, 1.165) is 0 Å². The van der Waals surface area contributed by atoms with Gasteiger partial charge in [-0.1, -0.05) is 11.6 Å². The van der Waals surface area contributed by atoms with Crippen molar-refractivity contribution in [3.8, 4) is 6.07 Å². The average Bonchev–Trinajstić information content (AvgIpc) is 2.78. The molecule has 0 fully saturated rings. The molecule has 1 amide bonds. The molecule has 180 valence electrons. The summed E-state index contributed by atoms with van der Waals surface area (Å²) in [6.45, 7) is 5.97. The van der Waals surface area contributed by atoms with E-state index in [1.165, 1.54) is 42.1 Å². The summed E-state index contributed by atoms with van der Waals surface area (Å²) in [7, 11) is 1.77. The largest absolute Gasteiger partial charge is 0.386 e. The number of nitrogens with zero attached hydrogens (tertiary/aromatic N) is 3. The van der Waals surface area contributed by atoms with E-state index in [9.17, 15) is 4.79 Å². The van der Waals surface area contributed by atoms with Crippen LogP contribution in [0.3, 0.4) is 0 Å². The van der Waals surface area contributed by atoms with Crippen LogP contribution in [-0.2, 0) is 5.54 Å². The fraction of sp³-hybridized carbons (Fsp3) is 0.391. The molecule has 0 aliphatic carbocycles. The van der Waals surface area contributed by atoms with Crippen molar-refractivity contribution >= 4 is 40.9 Å². The van der Waals surface area contributed by atoms with Crippen molar-refractivity contribution in [3.05, 3.63) is 58.0 Å². The van der Waals surface area contributed by atoms with Gasteiger partial charge in [-0.25, -0.2) is 9.37 Å². The number of anilines is 1. The summed E-state index contributed by atoms with van der Waals surface area (Å²) in [5.41, 5.74) is 11.5. The van der Waals surface area contributed by atoms with E-state index in [1.807, 2.05) is 19.9 Å². The highest BCUT2D eigenvalue weighted by Gasteiger charge is 2.57. The minimum Gasteiger partial charge on any atom is -0.386 e. The van der Waals surface area contributed by atoms with Gasteiger partial charge in [-0.15, -0.1) is 11.8 Å². The molecule has 1 aromatic heterocycles. The molecule has 34 heavy (non-hydrogen) atoms. The number of hydrogen-bond acceptors (Lipinski definition) is 8. The fourth-order valence-electron chi connectivity index (χ4n) is 4.02. The number of aromatic nitrogens is 1. The van der Waals surface area contributed by atoms with E-state index in [1.54, 1.807) is 14.0 Å². The lowest BCUT2D eigenvalue weighted by Crippen LogP contribution is -2.63. The van der Waals surface area contributed by atoms with Crippen LogP contribution in [0.25, 0.3) is 0 Å². The van der Waals surface area contributed by atoms with E-state index in [0.29, 0.717) is 24.4 Å². The molecule has 0 radical (unpaired) electrons.